The Bertz CT molecular complexity index is 856. The highest BCUT2D eigenvalue weighted by molar-refractivity contribution is 6.10. The van der Waals surface area contributed by atoms with Gasteiger partial charge in [-0.2, -0.15) is 0 Å². The van der Waals surface area contributed by atoms with Crippen LogP contribution in [-0.2, 0) is 31.0 Å². The lowest BCUT2D eigenvalue weighted by Crippen LogP contribution is -2.09. The zero-order chi connectivity index (χ0) is 20.1. The predicted octanol–water partition coefficient (Wildman–Crippen LogP) is 0.649. The Morgan fingerprint density at radius 3 is 2.26 bits per heavy atom. The monoisotopic (exact) mass is 376 g/mol. The lowest BCUT2D eigenvalue weighted by molar-refractivity contribution is 0.0591. The Morgan fingerprint density at radius 2 is 1.78 bits per heavy atom. The molecule has 0 fully saturated rings. The van der Waals surface area contributed by atoms with Gasteiger partial charge >= 0.3 is 5.97 Å². The van der Waals surface area contributed by atoms with Gasteiger partial charge in [0.2, 0.25) is 0 Å². The van der Waals surface area contributed by atoms with Crippen LogP contribution < -0.4 is 5.73 Å². The molecule has 0 saturated carbocycles. The molecule has 0 amide bonds. The molecule has 146 valence electrons. The molecule has 1 heterocycles. The van der Waals surface area contributed by atoms with Crippen molar-refractivity contribution in [3.05, 3.63) is 45.8 Å². The van der Waals surface area contributed by atoms with Crippen molar-refractivity contribution in [3.8, 4) is 11.1 Å². The molecular formula is C19H24N2O6. The van der Waals surface area contributed by atoms with Crippen LogP contribution >= 0.6 is 0 Å². The van der Waals surface area contributed by atoms with Gasteiger partial charge in [0.05, 0.1) is 32.5 Å². The summed E-state index contributed by atoms with van der Waals surface area (Å²) in [5.41, 5.74) is 8.55. The van der Waals surface area contributed by atoms with Crippen LogP contribution in [0.5, 0.6) is 0 Å². The van der Waals surface area contributed by atoms with Gasteiger partial charge in [0, 0.05) is 17.7 Å². The number of ether oxygens (including phenoxy) is 1. The molecule has 0 atom stereocenters. The number of nitrogens with two attached hydrogens (primary N) is 1. The Hall–Kier alpha value is -2.52. The third kappa shape index (κ3) is 3.79. The number of hydrogen-bond acceptors (Lipinski definition) is 7. The van der Waals surface area contributed by atoms with E-state index in [1.54, 1.807) is 12.1 Å². The van der Waals surface area contributed by atoms with E-state index < -0.39 is 19.2 Å². The van der Waals surface area contributed by atoms with E-state index in [1.807, 2.05) is 0 Å². The van der Waals surface area contributed by atoms with Crippen molar-refractivity contribution in [2.45, 2.75) is 33.2 Å². The number of carbonyl (C=O) groups is 2. The van der Waals surface area contributed by atoms with Crippen molar-refractivity contribution in [1.82, 2.24) is 4.98 Å². The second kappa shape index (κ2) is 8.92. The number of aromatic amines is 1. The van der Waals surface area contributed by atoms with Crippen LogP contribution in [-0.4, -0.2) is 45.7 Å². The summed E-state index contributed by atoms with van der Waals surface area (Å²) in [4.78, 5) is 27.5. The first-order chi connectivity index (χ1) is 12.9. The minimum Gasteiger partial charge on any atom is -0.464 e. The van der Waals surface area contributed by atoms with Gasteiger partial charge in [0.25, 0.3) is 0 Å². The summed E-state index contributed by atoms with van der Waals surface area (Å²) in [5.74, 6) is -1.05. The van der Waals surface area contributed by atoms with Gasteiger partial charge in [-0.1, -0.05) is 12.1 Å². The highest BCUT2D eigenvalue weighted by atomic mass is 16.5. The van der Waals surface area contributed by atoms with E-state index in [0.29, 0.717) is 39.9 Å². The third-order valence-corrected chi connectivity index (χ3v) is 4.50. The Morgan fingerprint density at radius 1 is 1.11 bits per heavy atom. The van der Waals surface area contributed by atoms with Gasteiger partial charge in [-0.3, -0.25) is 4.79 Å². The van der Waals surface area contributed by atoms with Gasteiger partial charge in [-0.15, -0.1) is 0 Å². The Kier molecular flexibility index (Phi) is 6.86. The molecule has 2 rings (SSSR count). The summed E-state index contributed by atoms with van der Waals surface area (Å²) in [6.45, 7) is 0.478. The second-order valence-corrected chi connectivity index (χ2v) is 6.02. The standard InChI is InChI=1S/C19H24N2O6/c1-10(25)16-17(15(5-6-20)21-18(16)19(26)27-2)12-4-3-11(7-22)13(8-23)14(12)9-24/h3-4,21-24H,5-9,20H2,1-2H3. The maximum absolute atomic E-state index is 12.4. The van der Waals surface area contributed by atoms with Crippen molar-refractivity contribution < 1.29 is 29.6 Å². The van der Waals surface area contributed by atoms with Crippen molar-refractivity contribution in [2.75, 3.05) is 13.7 Å². The second-order valence-electron chi connectivity index (χ2n) is 6.02. The van der Waals surface area contributed by atoms with Crippen molar-refractivity contribution in [2.24, 2.45) is 5.73 Å². The summed E-state index contributed by atoms with van der Waals surface area (Å²) in [5, 5.41) is 29.1. The summed E-state index contributed by atoms with van der Waals surface area (Å²) in [6, 6.07) is 3.26. The number of carbonyl (C=O) groups excluding carboxylic acids is 2. The summed E-state index contributed by atoms with van der Waals surface area (Å²) >= 11 is 0. The van der Waals surface area contributed by atoms with Crippen LogP contribution in [0.15, 0.2) is 12.1 Å². The fraction of sp³-hybridized carbons (Fsp3) is 0.368. The molecule has 0 saturated heterocycles. The average Bonchev–Trinajstić information content (AvgIpc) is 3.05. The number of benzene rings is 1. The number of aliphatic hydroxyl groups is 3. The quantitative estimate of drug-likeness (QED) is 0.336. The van der Waals surface area contributed by atoms with Crippen molar-refractivity contribution >= 4 is 11.8 Å². The van der Waals surface area contributed by atoms with Gasteiger partial charge in [0.15, 0.2) is 5.78 Å². The van der Waals surface area contributed by atoms with Crippen LogP contribution in [0.25, 0.3) is 11.1 Å². The molecule has 8 nitrogen and oxygen atoms in total. The summed E-state index contributed by atoms with van der Waals surface area (Å²) in [6.07, 6.45) is 0.355. The topological polar surface area (TPSA) is 146 Å². The number of nitrogens with one attached hydrogen (secondary N) is 1. The van der Waals surface area contributed by atoms with Gasteiger partial charge < -0.3 is 30.8 Å². The number of esters is 1. The molecule has 2 aromatic rings. The van der Waals surface area contributed by atoms with Crippen LogP contribution in [0.3, 0.4) is 0 Å². The zero-order valence-electron chi connectivity index (χ0n) is 15.3. The number of Topliss-reactive ketones (excluding diaryl/α,β-unsaturated/α-hetero) is 1. The molecule has 27 heavy (non-hydrogen) atoms. The van der Waals surface area contributed by atoms with E-state index in [1.165, 1.54) is 14.0 Å². The number of ketones is 1. The van der Waals surface area contributed by atoms with E-state index in [0.717, 1.165) is 0 Å². The highest BCUT2D eigenvalue weighted by Gasteiger charge is 2.28. The van der Waals surface area contributed by atoms with E-state index >= 15 is 0 Å². The van der Waals surface area contributed by atoms with E-state index in [9.17, 15) is 24.9 Å². The Balaban J connectivity index is 2.90. The summed E-state index contributed by atoms with van der Waals surface area (Å²) in [7, 11) is 1.22. The highest BCUT2D eigenvalue weighted by Crippen LogP contribution is 2.36. The van der Waals surface area contributed by atoms with Crippen LogP contribution in [0.2, 0.25) is 0 Å². The average molecular weight is 376 g/mol. The minimum absolute atomic E-state index is 0.0177. The third-order valence-electron chi connectivity index (χ3n) is 4.50. The number of aliphatic hydroxyl groups excluding tert-OH is 3. The molecule has 0 aliphatic rings. The molecule has 0 unspecified atom stereocenters. The van der Waals surface area contributed by atoms with Crippen LogP contribution in [0.4, 0.5) is 0 Å². The van der Waals surface area contributed by atoms with Crippen molar-refractivity contribution in [3.63, 3.8) is 0 Å². The molecule has 0 aliphatic carbocycles. The predicted molar refractivity (Wildman–Crippen MR) is 98.1 cm³/mol. The summed E-state index contributed by atoms with van der Waals surface area (Å²) < 4.78 is 4.77. The van der Waals surface area contributed by atoms with Crippen LogP contribution in [0.1, 0.15) is 50.2 Å². The Labute approximate surface area is 156 Å². The molecule has 6 N–H and O–H groups in total. The maximum atomic E-state index is 12.4. The fourth-order valence-corrected chi connectivity index (χ4v) is 3.29. The van der Waals surface area contributed by atoms with Crippen molar-refractivity contribution in [1.29, 1.82) is 0 Å². The maximum Gasteiger partial charge on any atom is 0.355 e. The first kappa shape index (κ1) is 20.8. The smallest absolute Gasteiger partial charge is 0.355 e. The van der Waals surface area contributed by atoms with E-state index in [-0.39, 0.29) is 30.2 Å². The molecule has 0 bridgehead atoms. The number of H-pyrrole nitrogens is 1. The molecule has 1 aromatic carbocycles. The van der Waals surface area contributed by atoms with E-state index in [2.05, 4.69) is 4.98 Å². The molecule has 0 radical (unpaired) electrons. The van der Waals surface area contributed by atoms with E-state index in [4.69, 9.17) is 10.5 Å². The van der Waals surface area contributed by atoms with Gasteiger partial charge in [-0.05, 0) is 35.7 Å². The SMILES string of the molecule is COC(=O)c1[nH]c(CCN)c(-c2ccc(CO)c(CO)c2CO)c1C(C)=O. The lowest BCUT2D eigenvalue weighted by Gasteiger charge is -2.17. The van der Waals surface area contributed by atoms with Gasteiger partial charge in [0.1, 0.15) is 5.69 Å². The largest absolute Gasteiger partial charge is 0.464 e. The van der Waals surface area contributed by atoms with Crippen LogP contribution in [0, 0.1) is 0 Å². The zero-order valence-corrected chi connectivity index (χ0v) is 15.3. The normalized spacial score (nSPS) is 10.9. The fourth-order valence-electron chi connectivity index (χ4n) is 3.29. The molecular weight excluding hydrogens is 352 g/mol. The first-order valence-corrected chi connectivity index (χ1v) is 8.45. The number of aromatic nitrogens is 1. The number of hydrogen-bond donors (Lipinski definition) is 5. The minimum atomic E-state index is -0.690. The number of rotatable bonds is 8. The molecule has 0 spiro atoms. The van der Waals surface area contributed by atoms with Gasteiger partial charge in [-0.25, -0.2) is 4.79 Å². The lowest BCUT2D eigenvalue weighted by atomic mass is 9.89. The first-order valence-electron chi connectivity index (χ1n) is 8.45. The molecule has 0 aliphatic heterocycles. The number of methoxy groups -OCH3 is 1. The molecule has 8 heteroatoms. The molecule has 1 aromatic heterocycles.